The fraction of sp³-hybridized carbons (Fsp3) is 1.00. The summed E-state index contributed by atoms with van der Waals surface area (Å²) < 4.78 is 41.3. The van der Waals surface area contributed by atoms with Gasteiger partial charge < -0.3 is 50.6 Å². The van der Waals surface area contributed by atoms with E-state index in [9.17, 15) is 18.3 Å². The van der Waals surface area contributed by atoms with Gasteiger partial charge in [-0.05, 0) is 0 Å². The molecule has 0 atom stereocenters. The van der Waals surface area contributed by atoms with Crippen molar-refractivity contribution in [2.45, 2.75) is 23.9 Å². The zero-order valence-electron chi connectivity index (χ0n) is 11.3. The van der Waals surface area contributed by atoms with E-state index in [2.05, 4.69) is 0 Å². The first kappa shape index (κ1) is 29.0. The van der Waals surface area contributed by atoms with Crippen LogP contribution in [0.1, 0.15) is 13.8 Å². The monoisotopic (exact) mass is 514 g/mol. The molecule has 0 aromatic carbocycles. The van der Waals surface area contributed by atoms with Gasteiger partial charge in [0.2, 0.25) is 0 Å². The van der Waals surface area contributed by atoms with Crippen molar-refractivity contribution in [3.63, 3.8) is 0 Å². The minimum atomic E-state index is -5.09. The smallest absolute Gasteiger partial charge is 0.652 e. The maximum absolute atomic E-state index is 10.3. The molecule has 0 rings (SSSR count). The van der Waals surface area contributed by atoms with Crippen LogP contribution < -0.4 is 0 Å². The normalized spacial score (nSPS) is 14.4. The molecule has 14 nitrogen and oxygen atoms in total. The molecule has 23 heavy (non-hydrogen) atoms. The summed E-state index contributed by atoms with van der Waals surface area (Å²) in [6, 6.07) is 0. The van der Waals surface area contributed by atoms with Crippen LogP contribution in [0.4, 0.5) is 0 Å². The molecule has 0 fully saturated rings. The molecule has 10 N–H and O–H groups in total. The van der Waals surface area contributed by atoms with Crippen LogP contribution in [0.25, 0.3) is 11.5 Å². The molecule has 0 aromatic rings. The Balaban J connectivity index is -0.000000333. The molecule has 0 spiro atoms. The summed E-state index contributed by atoms with van der Waals surface area (Å²) >= 11 is 0. The standard InChI is InChI=1S/2C2H8NO6P2.Pd/c2*1-2(3,10(4,5)6)11(7,8)9;/h2*3H,1H3,(H2,4,5,6)(H2,7,8,9);/q2*-1;+2. The van der Waals surface area contributed by atoms with Gasteiger partial charge >= 0.3 is 50.8 Å². The Kier molecular flexibility index (Phi) is 10.4. The van der Waals surface area contributed by atoms with Gasteiger partial charge in [-0.15, -0.1) is 0 Å². The Bertz CT molecular complexity index is 480. The molecule has 0 aromatic heterocycles. The third-order valence-corrected chi connectivity index (χ3v) is 9.93. The molecular weight excluding hydrogens is 498 g/mol. The number of nitrogens with one attached hydrogen (secondary N) is 2. The van der Waals surface area contributed by atoms with Crippen molar-refractivity contribution in [2.24, 2.45) is 0 Å². The van der Waals surface area contributed by atoms with Gasteiger partial charge in [0.15, 0.2) is 0 Å². The summed E-state index contributed by atoms with van der Waals surface area (Å²) in [5.74, 6) is 0. The van der Waals surface area contributed by atoms with Crippen molar-refractivity contribution in [3.05, 3.63) is 11.5 Å². The third-order valence-electron chi connectivity index (χ3n) is 2.27. The van der Waals surface area contributed by atoms with E-state index in [4.69, 9.17) is 50.6 Å². The predicted molar refractivity (Wildman–Crippen MR) is 73.6 cm³/mol. The summed E-state index contributed by atoms with van der Waals surface area (Å²) in [6.07, 6.45) is 0. The van der Waals surface area contributed by atoms with E-state index < -0.39 is 40.4 Å². The second kappa shape index (κ2) is 8.25. The first-order valence-electron chi connectivity index (χ1n) is 4.72. The van der Waals surface area contributed by atoms with Crippen LogP contribution in [0.5, 0.6) is 0 Å². The van der Waals surface area contributed by atoms with Crippen LogP contribution in [0, 0.1) is 0 Å². The number of rotatable bonds is 4. The van der Waals surface area contributed by atoms with Gasteiger partial charge in [0, 0.05) is 0 Å². The Morgan fingerprint density at radius 2 is 0.652 bits per heavy atom. The van der Waals surface area contributed by atoms with Crippen LogP contribution in [-0.2, 0) is 38.7 Å². The average molecular weight is 514 g/mol. The van der Waals surface area contributed by atoms with Crippen LogP contribution in [-0.4, -0.2) is 49.2 Å². The van der Waals surface area contributed by atoms with Gasteiger partial charge in [0.25, 0.3) is 0 Å². The van der Waals surface area contributed by atoms with E-state index in [1.807, 2.05) is 0 Å². The topological polar surface area (TPSA) is 278 Å². The molecule has 0 aliphatic rings. The molecule has 144 valence electrons. The van der Waals surface area contributed by atoms with Crippen molar-refractivity contribution < 1.29 is 77.8 Å². The first-order chi connectivity index (χ1) is 9.00. The molecule has 0 aliphatic heterocycles. The predicted octanol–water partition coefficient (Wildman–Crippen LogP) is 0.133. The molecule has 0 bridgehead atoms. The van der Waals surface area contributed by atoms with E-state index in [1.165, 1.54) is 0 Å². The molecule has 0 radical (unpaired) electrons. The van der Waals surface area contributed by atoms with Gasteiger partial charge in [0.05, 0.1) is 10.0 Å². The van der Waals surface area contributed by atoms with Crippen LogP contribution in [0.2, 0.25) is 0 Å². The van der Waals surface area contributed by atoms with Gasteiger partial charge in [-0.25, -0.2) is 0 Å². The summed E-state index contributed by atoms with van der Waals surface area (Å²) in [6.45, 7) is 0.989. The van der Waals surface area contributed by atoms with Crippen molar-refractivity contribution in [1.82, 2.24) is 0 Å². The van der Waals surface area contributed by atoms with Crippen LogP contribution in [0.15, 0.2) is 0 Å². The zero-order chi connectivity index (χ0) is 19.0. The Morgan fingerprint density at radius 3 is 0.652 bits per heavy atom. The average Bonchev–Trinajstić information content (AvgIpc) is 2.10. The SMILES string of the molecule is CC([NH-])(P(=O)(O)O)P(=O)(O)O.CC([NH-])(P(=O)(O)O)P(=O)(O)O.[Pd+2]. The van der Waals surface area contributed by atoms with E-state index in [0.717, 1.165) is 0 Å². The van der Waals surface area contributed by atoms with E-state index in [0.29, 0.717) is 13.8 Å². The van der Waals surface area contributed by atoms with Gasteiger partial charge in [-0.2, -0.15) is 0 Å². The maximum atomic E-state index is 10.3. The second-order valence-corrected chi connectivity index (χ2v) is 12.9. The fourth-order valence-corrected chi connectivity index (χ4v) is 3.05. The molecule has 0 unspecified atom stereocenters. The summed E-state index contributed by atoms with van der Waals surface area (Å²) in [4.78, 5) is 66.5. The number of hydrogen-bond donors (Lipinski definition) is 8. The minimum absolute atomic E-state index is 0. The van der Waals surface area contributed by atoms with Crippen molar-refractivity contribution in [3.8, 4) is 0 Å². The van der Waals surface area contributed by atoms with Crippen LogP contribution in [0.3, 0.4) is 0 Å². The molecular formula is C4H16N2O12P4Pd. The summed E-state index contributed by atoms with van der Waals surface area (Å²) in [5, 5.41) is -6.08. The largest absolute Gasteiger partial charge is 2.00 e. The second-order valence-electron chi connectivity index (χ2n) is 4.22. The van der Waals surface area contributed by atoms with Crippen molar-refractivity contribution >= 4 is 30.4 Å². The number of hydrogen-bond acceptors (Lipinski definition) is 4. The van der Waals surface area contributed by atoms with Crippen LogP contribution >= 0.6 is 30.4 Å². The maximum Gasteiger partial charge on any atom is 2.00 e. The molecule has 0 amide bonds. The minimum Gasteiger partial charge on any atom is -0.652 e. The quantitative estimate of drug-likeness (QED) is 0.183. The Hall–Kier alpha value is 1.18. The van der Waals surface area contributed by atoms with Gasteiger partial charge in [-0.3, -0.25) is 18.3 Å². The third kappa shape index (κ3) is 7.52. The fourth-order valence-electron chi connectivity index (χ4n) is 0.339. The van der Waals surface area contributed by atoms with Gasteiger partial charge in [-0.1, -0.05) is 13.8 Å². The zero-order valence-corrected chi connectivity index (χ0v) is 16.4. The Morgan fingerprint density at radius 1 is 0.565 bits per heavy atom. The summed E-state index contributed by atoms with van der Waals surface area (Å²) in [5.41, 5.74) is 13.4. The van der Waals surface area contributed by atoms with E-state index in [-0.39, 0.29) is 20.4 Å². The first-order valence-corrected chi connectivity index (χ1v) is 11.2. The van der Waals surface area contributed by atoms with Crippen molar-refractivity contribution in [2.75, 3.05) is 0 Å². The van der Waals surface area contributed by atoms with Gasteiger partial charge in [0.1, 0.15) is 0 Å². The molecule has 0 heterocycles. The van der Waals surface area contributed by atoms with E-state index >= 15 is 0 Å². The molecule has 0 saturated carbocycles. The van der Waals surface area contributed by atoms with Crippen molar-refractivity contribution in [1.29, 1.82) is 0 Å². The molecule has 0 saturated heterocycles. The molecule has 0 aliphatic carbocycles. The van der Waals surface area contributed by atoms with E-state index in [1.54, 1.807) is 0 Å². The Labute approximate surface area is 144 Å². The molecule has 19 heteroatoms. The summed E-state index contributed by atoms with van der Waals surface area (Å²) in [7, 11) is -20.3.